The van der Waals surface area contributed by atoms with E-state index in [1.165, 1.54) is 17.7 Å². The molecule has 0 saturated carbocycles. The number of rotatable bonds is 6. The molecule has 1 N–H and O–H groups in total. The van der Waals surface area contributed by atoms with E-state index in [1.54, 1.807) is 0 Å². The average molecular weight is 262 g/mol. The highest BCUT2D eigenvalue weighted by Crippen LogP contribution is 2.24. The molecule has 19 heavy (non-hydrogen) atoms. The summed E-state index contributed by atoms with van der Waals surface area (Å²) in [4.78, 5) is 2.37. The lowest BCUT2D eigenvalue weighted by Crippen LogP contribution is -2.42. The molecule has 2 nitrogen and oxygen atoms in total. The van der Waals surface area contributed by atoms with E-state index in [-0.39, 0.29) is 0 Å². The molecule has 1 atom stereocenters. The number of nitrogens with zero attached hydrogens (tertiary/aromatic N) is 1. The predicted octanol–water partition coefficient (Wildman–Crippen LogP) is 3.85. The Hall–Kier alpha value is -1.02. The van der Waals surface area contributed by atoms with E-state index in [0.29, 0.717) is 11.5 Å². The Morgan fingerprint density at radius 1 is 1.21 bits per heavy atom. The number of nitrogens with one attached hydrogen (secondary N) is 1. The fraction of sp³-hybridized carbons (Fsp3) is 0.647. The van der Waals surface area contributed by atoms with Crippen LogP contribution in [0.3, 0.4) is 0 Å². The zero-order chi connectivity index (χ0) is 14.5. The van der Waals surface area contributed by atoms with Gasteiger partial charge >= 0.3 is 0 Å². The van der Waals surface area contributed by atoms with Gasteiger partial charge in [-0.05, 0) is 36.9 Å². The molecule has 0 heterocycles. The molecule has 0 fully saturated rings. The molecule has 0 saturated heterocycles. The first-order valence-electron chi connectivity index (χ1n) is 7.36. The highest BCUT2D eigenvalue weighted by Gasteiger charge is 2.23. The van der Waals surface area contributed by atoms with Crippen LogP contribution in [0.4, 0.5) is 5.69 Å². The molecular weight excluding hydrogens is 232 g/mol. The van der Waals surface area contributed by atoms with Crippen molar-refractivity contribution in [2.75, 3.05) is 25.0 Å². The predicted molar refractivity (Wildman–Crippen MR) is 86.0 cm³/mol. The number of hydrogen-bond acceptors (Lipinski definition) is 2. The van der Waals surface area contributed by atoms with Crippen molar-refractivity contribution >= 4 is 5.69 Å². The van der Waals surface area contributed by atoms with Crippen LogP contribution in [0, 0.1) is 12.3 Å². The van der Waals surface area contributed by atoms with Gasteiger partial charge in [-0.3, -0.25) is 0 Å². The van der Waals surface area contributed by atoms with Crippen molar-refractivity contribution in [3.05, 3.63) is 29.8 Å². The maximum atomic E-state index is 3.62. The SMILES string of the molecule is CCNC(CCN(C)c1ccccc1C)C(C)(C)C. The van der Waals surface area contributed by atoms with Gasteiger partial charge in [0.05, 0.1) is 0 Å². The molecule has 1 aromatic carbocycles. The van der Waals surface area contributed by atoms with E-state index < -0.39 is 0 Å². The minimum atomic E-state index is 0.308. The molecule has 0 aromatic heterocycles. The molecule has 0 amide bonds. The van der Waals surface area contributed by atoms with Crippen molar-refractivity contribution in [1.82, 2.24) is 5.32 Å². The Labute approximate surface area is 119 Å². The normalized spacial score (nSPS) is 13.4. The summed E-state index contributed by atoms with van der Waals surface area (Å²) in [5.41, 5.74) is 3.00. The molecule has 2 heteroatoms. The third-order valence-corrected chi connectivity index (χ3v) is 3.78. The number of hydrogen-bond donors (Lipinski definition) is 1. The monoisotopic (exact) mass is 262 g/mol. The maximum Gasteiger partial charge on any atom is 0.0393 e. The van der Waals surface area contributed by atoms with Crippen molar-refractivity contribution in [3.8, 4) is 0 Å². The van der Waals surface area contributed by atoms with Gasteiger partial charge in [0.1, 0.15) is 0 Å². The summed E-state index contributed by atoms with van der Waals surface area (Å²) >= 11 is 0. The first-order chi connectivity index (χ1) is 8.86. The molecular formula is C17H30N2. The minimum Gasteiger partial charge on any atom is -0.374 e. The molecule has 1 aromatic rings. The molecule has 108 valence electrons. The molecule has 0 aliphatic rings. The second-order valence-corrected chi connectivity index (χ2v) is 6.47. The molecule has 0 spiro atoms. The van der Waals surface area contributed by atoms with Gasteiger partial charge in [-0.15, -0.1) is 0 Å². The molecule has 1 unspecified atom stereocenters. The molecule has 0 aliphatic carbocycles. The Morgan fingerprint density at radius 2 is 1.84 bits per heavy atom. The second kappa shape index (κ2) is 6.95. The van der Waals surface area contributed by atoms with E-state index in [0.717, 1.165) is 13.1 Å². The molecule has 1 rings (SSSR count). The van der Waals surface area contributed by atoms with E-state index in [4.69, 9.17) is 0 Å². The van der Waals surface area contributed by atoms with Crippen molar-refractivity contribution in [3.63, 3.8) is 0 Å². The lowest BCUT2D eigenvalue weighted by molar-refractivity contribution is 0.260. The van der Waals surface area contributed by atoms with Gasteiger partial charge in [0.25, 0.3) is 0 Å². The summed E-state index contributed by atoms with van der Waals surface area (Å²) < 4.78 is 0. The largest absolute Gasteiger partial charge is 0.374 e. The van der Waals surface area contributed by atoms with Gasteiger partial charge in [0.15, 0.2) is 0 Å². The van der Waals surface area contributed by atoms with Gasteiger partial charge in [-0.1, -0.05) is 45.9 Å². The van der Waals surface area contributed by atoms with E-state index >= 15 is 0 Å². The minimum absolute atomic E-state index is 0.308. The van der Waals surface area contributed by atoms with Crippen LogP contribution in [0.5, 0.6) is 0 Å². The van der Waals surface area contributed by atoms with Crippen LogP contribution in [0.2, 0.25) is 0 Å². The fourth-order valence-corrected chi connectivity index (χ4v) is 2.52. The lowest BCUT2D eigenvalue weighted by Gasteiger charge is -2.33. The number of benzene rings is 1. The Morgan fingerprint density at radius 3 is 2.37 bits per heavy atom. The zero-order valence-electron chi connectivity index (χ0n) is 13.5. The molecule has 0 radical (unpaired) electrons. The summed E-state index contributed by atoms with van der Waals surface area (Å²) in [6.45, 7) is 13.4. The van der Waals surface area contributed by atoms with Crippen LogP contribution in [-0.2, 0) is 0 Å². The van der Waals surface area contributed by atoms with E-state index in [1.807, 2.05) is 0 Å². The smallest absolute Gasteiger partial charge is 0.0393 e. The summed E-state index contributed by atoms with van der Waals surface area (Å²) in [5.74, 6) is 0. The van der Waals surface area contributed by atoms with Gasteiger partial charge in [0, 0.05) is 25.3 Å². The molecule has 0 aliphatic heterocycles. The van der Waals surface area contributed by atoms with Gasteiger partial charge in [-0.25, -0.2) is 0 Å². The fourth-order valence-electron chi connectivity index (χ4n) is 2.52. The third-order valence-electron chi connectivity index (χ3n) is 3.78. The van der Waals surface area contributed by atoms with Crippen molar-refractivity contribution in [1.29, 1.82) is 0 Å². The van der Waals surface area contributed by atoms with Gasteiger partial charge < -0.3 is 10.2 Å². The maximum absolute atomic E-state index is 3.62. The quantitative estimate of drug-likeness (QED) is 0.838. The van der Waals surface area contributed by atoms with Gasteiger partial charge in [0.2, 0.25) is 0 Å². The van der Waals surface area contributed by atoms with Crippen LogP contribution < -0.4 is 10.2 Å². The highest BCUT2D eigenvalue weighted by molar-refractivity contribution is 5.52. The zero-order valence-corrected chi connectivity index (χ0v) is 13.5. The topological polar surface area (TPSA) is 15.3 Å². The standard InChI is InChI=1S/C17H30N2/c1-7-18-16(17(3,4)5)12-13-19(6)15-11-9-8-10-14(15)2/h8-11,16,18H,7,12-13H2,1-6H3. The number of para-hydroxylation sites is 1. The summed E-state index contributed by atoms with van der Waals surface area (Å²) in [7, 11) is 2.19. The van der Waals surface area contributed by atoms with Crippen LogP contribution in [0.25, 0.3) is 0 Å². The average Bonchev–Trinajstić information content (AvgIpc) is 2.33. The van der Waals surface area contributed by atoms with E-state index in [2.05, 4.69) is 76.1 Å². The van der Waals surface area contributed by atoms with Crippen LogP contribution in [0.1, 0.15) is 39.7 Å². The van der Waals surface area contributed by atoms with Crippen LogP contribution >= 0.6 is 0 Å². The first kappa shape index (κ1) is 16.0. The van der Waals surface area contributed by atoms with Crippen molar-refractivity contribution in [2.45, 2.75) is 47.1 Å². The number of aryl methyl sites for hydroxylation is 1. The second-order valence-electron chi connectivity index (χ2n) is 6.47. The highest BCUT2D eigenvalue weighted by atomic mass is 15.1. The van der Waals surface area contributed by atoms with E-state index in [9.17, 15) is 0 Å². The number of anilines is 1. The Bertz CT molecular complexity index is 379. The van der Waals surface area contributed by atoms with Gasteiger partial charge in [-0.2, -0.15) is 0 Å². The Balaban J connectivity index is 2.62. The lowest BCUT2D eigenvalue weighted by atomic mass is 9.84. The first-order valence-corrected chi connectivity index (χ1v) is 7.36. The van der Waals surface area contributed by atoms with Crippen LogP contribution in [-0.4, -0.2) is 26.2 Å². The third kappa shape index (κ3) is 4.87. The van der Waals surface area contributed by atoms with Crippen molar-refractivity contribution in [2.24, 2.45) is 5.41 Å². The Kier molecular flexibility index (Phi) is 5.86. The van der Waals surface area contributed by atoms with Crippen LogP contribution in [0.15, 0.2) is 24.3 Å². The van der Waals surface area contributed by atoms with Crippen molar-refractivity contribution < 1.29 is 0 Å². The summed E-state index contributed by atoms with van der Waals surface area (Å²) in [5, 5.41) is 3.62. The summed E-state index contributed by atoms with van der Waals surface area (Å²) in [6.07, 6.45) is 1.17. The molecule has 0 bridgehead atoms. The summed E-state index contributed by atoms with van der Waals surface area (Å²) in [6, 6.07) is 9.16.